The Morgan fingerprint density at radius 2 is 2.08 bits per heavy atom. The minimum atomic E-state index is -0.422. The molecule has 68 valence electrons. The van der Waals surface area contributed by atoms with Crippen molar-refractivity contribution in [3.05, 3.63) is 11.8 Å². The standard InChI is InChI=1S/C8H9N3O2/c1-11(6-8(12)13-2)5-7(3-9)4-10/h5H,6H2,1-2H3. The lowest BCUT2D eigenvalue weighted by Gasteiger charge is -2.10. The fraction of sp³-hybridized carbons (Fsp3) is 0.375. The van der Waals surface area contributed by atoms with Crippen LogP contribution in [0.2, 0.25) is 0 Å². The van der Waals surface area contributed by atoms with Gasteiger partial charge >= 0.3 is 5.97 Å². The lowest BCUT2D eigenvalue weighted by atomic mass is 10.3. The molecule has 0 unspecified atom stereocenters. The number of likely N-dealkylation sites (N-methyl/N-ethyl adjacent to an activating group) is 1. The van der Waals surface area contributed by atoms with E-state index in [4.69, 9.17) is 10.5 Å². The van der Waals surface area contributed by atoms with Crippen molar-refractivity contribution < 1.29 is 9.53 Å². The highest BCUT2D eigenvalue weighted by Crippen LogP contribution is 1.93. The van der Waals surface area contributed by atoms with E-state index in [2.05, 4.69) is 4.74 Å². The van der Waals surface area contributed by atoms with Crippen LogP contribution in [0.1, 0.15) is 0 Å². The quantitative estimate of drug-likeness (QED) is 0.451. The van der Waals surface area contributed by atoms with Crippen LogP contribution in [-0.4, -0.2) is 31.6 Å². The van der Waals surface area contributed by atoms with Gasteiger partial charge in [-0.15, -0.1) is 0 Å². The van der Waals surface area contributed by atoms with Gasteiger partial charge in [-0.3, -0.25) is 4.79 Å². The molecular weight excluding hydrogens is 170 g/mol. The molecule has 0 aromatic rings. The molecule has 0 heterocycles. The van der Waals surface area contributed by atoms with Crippen molar-refractivity contribution in [1.29, 1.82) is 10.5 Å². The molecule has 0 N–H and O–H groups in total. The normalized spacial score (nSPS) is 7.69. The summed E-state index contributed by atoms with van der Waals surface area (Å²) in [6, 6.07) is 3.36. The molecule has 5 nitrogen and oxygen atoms in total. The van der Waals surface area contributed by atoms with E-state index in [1.807, 2.05) is 0 Å². The molecule has 0 saturated carbocycles. The number of carbonyl (C=O) groups excluding carboxylic acids is 1. The predicted molar refractivity (Wildman–Crippen MR) is 44.0 cm³/mol. The molecule has 0 aliphatic rings. The van der Waals surface area contributed by atoms with Gasteiger partial charge < -0.3 is 9.64 Å². The summed E-state index contributed by atoms with van der Waals surface area (Å²) >= 11 is 0. The van der Waals surface area contributed by atoms with Crippen molar-refractivity contribution in [3.8, 4) is 12.1 Å². The number of ether oxygens (including phenoxy) is 1. The highest BCUT2D eigenvalue weighted by Gasteiger charge is 2.03. The van der Waals surface area contributed by atoms with Crippen LogP contribution in [-0.2, 0) is 9.53 Å². The van der Waals surface area contributed by atoms with Gasteiger partial charge in [-0.25, -0.2) is 0 Å². The van der Waals surface area contributed by atoms with Crippen LogP contribution < -0.4 is 0 Å². The maximum absolute atomic E-state index is 10.7. The zero-order chi connectivity index (χ0) is 10.3. The second-order valence-electron chi connectivity index (χ2n) is 2.26. The first-order valence-electron chi connectivity index (χ1n) is 3.43. The first kappa shape index (κ1) is 11.0. The number of rotatable bonds is 3. The number of allylic oxidation sites excluding steroid dienone is 1. The maximum atomic E-state index is 10.7. The fourth-order valence-electron chi connectivity index (χ4n) is 0.617. The molecule has 5 heteroatoms. The summed E-state index contributed by atoms with van der Waals surface area (Å²) in [6.07, 6.45) is 1.29. The van der Waals surface area contributed by atoms with Gasteiger partial charge in [0, 0.05) is 13.2 Å². The molecular formula is C8H9N3O2. The Kier molecular flexibility index (Phi) is 4.75. The Morgan fingerprint density at radius 3 is 2.46 bits per heavy atom. The minimum absolute atomic E-state index is 0.0172. The monoisotopic (exact) mass is 179 g/mol. The number of methoxy groups -OCH3 is 1. The smallest absolute Gasteiger partial charge is 0.325 e. The molecule has 0 rings (SSSR count). The van der Waals surface area contributed by atoms with Crippen molar-refractivity contribution >= 4 is 5.97 Å². The van der Waals surface area contributed by atoms with Gasteiger partial charge in [-0.2, -0.15) is 10.5 Å². The van der Waals surface area contributed by atoms with Gasteiger partial charge in [0.15, 0.2) is 0 Å². The number of esters is 1. The Hall–Kier alpha value is -2.01. The number of nitriles is 2. The van der Waals surface area contributed by atoms with Crippen molar-refractivity contribution in [2.24, 2.45) is 0 Å². The van der Waals surface area contributed by atoms with Gasteiger partial charge in [-0.05, 0) is 0 Å². The average Bonchev–Trinajstić information content (AvgIpc) is 2.13. The van der Waals surface area contributed by atoms with E-state index in [1.54, 1.807) is 19.2 Å². The van der Waals surface area contributed by atoms with Crippen LogP contribution >= 0.6 is 0 Å². The third kappa shape index (κ3) is 4.44. The van der Waals surface area contributed by atoms with Crippen LogP contribution in [0, 0.1) is 22.7 Å². The molecule has 13 heavy (non-hydrogen) atoms. The number of carbonyl (C=O) groups is 1. The Morgan fingerprint density at radius 1 is 1.54 bits per heavy atom. The molecule has 0 spiro atoms. The zero-order valence-corrected chi connectivity index (χ0v) is 7.44. The molecule has 0 fully saturated rings. The average molecular weight is 179 g/mol. The second-order valence-corrected chi connectivity index (χ2v) is 2.26. The SMILES string of the molecule is COC(=O)CN(C)C=C(C#N)C#N. The molecule has 0 aliphatic carbocycles. The second kappa shape index (κ2) is 5.62. The first-order chi connectivity index (χ1) is 6.13. The van der Waals surface area contributed by atoms with Crippen molar-refractivity contribution in [2.45, 2.75) is 0 Å². The van der Waals surface area contributed by atoms with Gasteiger partial charge in [0.05, 0.1) is 7.11 Å². The van der Waals surface area contributed by atoms with E-state index in [0.29, 0.717) is 0 Å². The molecule has 0 aromatic carbocycles. The van der Waals surface area contributed by atoms with E-state index in [-0.39, 0.29) is 12.1 Å². The van der Waals surface area contributed by atoms with E-state index in [0.717, 1.165) is 0 Å². The lowest BCUT2D eigenvalue weighted by molar-refractivity contribution is -0.141. The third-order valence-corrected chi connectivity index (χ3v) is 1.20. The zero-order valence-electron chi connectivity index (χ0n) is 7.44. The molecule has 0 atom stereocenters. The molecule has 0 aliphatic heterocycles. The first-order valence-corrected chi connectivity index (χ1v) is 3.43. The van der Waals surface area contributed by atoms with Gasteiger partial charge in [0.25, 0.3) is 0 Å². The van der Waals surface area contributed by atoms with Crippen molar-refractivity contribution in [2.75, 3.05) is 20.7 Å². The Balaban J connectivity index is 4.24. The van der Waals surface area contributed by atoms with Crippen LogP contribution in [0.25, 0.3) is 0 Å². The summed E-state index contributed by atoms with van der Waals surface area (Å²) in [7, 11) is 2.85. The lowest BCUT2D eigenvalue weighted by Crippen LogP contribution is -2.22. The summed E-state index contributed by atoms with van der Waals surface area (Å²) in [5.41, 5.74) is -0.0496. The highest BCUT2D eigenvalue weighted by molar-refractivity contribution is 5.71. The summed E-state index contributed by atoms with van der Waals surface area (Å²) in [6.45, 7) is 0.0172. The molecule has 0 radical (unpaired) electrons. The fourth-order valence-corrected chi connectivity index (χ4v) is 0.617. The topological polar surface area (TPSA) is 77.1 Å². The number of nitrogens with zero attached hydrogens (tertiary/aromatic N) is 3. The number of hydrogen-bond acceptors (Lipinski definition) is 5. The Bertz CT molecular complexity index is 279. The third-order valence-electron chi connectivity index (χ3n) is 1.20. The molecule has 0 saturated heterocycles. The van der Waals surface area contributed by atoms with Gasteiger partial charge in [0.1, 0.15) is 24.3 Å². The van der Waals surface area contributed by atoms with E-state index < -0.39 is 5.97 Å². The number of hydrogen-bond donors (Lipinski definition) is 0. The molecule has 0 aromatic heterocycles. The highest BCUT2D eigenvalue weighted by atomic mass is 16.5. The van der Waals surface area contributed by atoms with Crippen molar-refractivity contribution in [1.82, 2.24) is 4.90 Å². The minimum Gasteiger partial charge on any atom is -0.468 e. The van der Waals surface area contributed by atoms with Crippen LogP contribution in [0.3, 0.4) is 0 Å². The van der Waals surface area contributed by atoms with E-state index >= 15 is 0 Å². The van der Waals surface area contributed by atoms with Gasteiger partial charge in [-0.1, -0.05) is 0 Å². The molecule has 0 bridgehead atoms. The van der Waals surface area contributed by atoms with E-state index in [1.165, 1.54) is 18.2 Å². The van der Waals surface area contributed by atoms with Crippen LogP contribution in [0.5, 0.6) is 0 Å². The maximum Gasteiger partial charge on any atom is 0.325 e. The summed E-state index contributed by atoms with van der Waals surface area (Å²) in [5.74, 6) is -0.422. The summed E-state index contributed by atoms with van der Waals surface area (Å²) in [5, 5.41) is 16.8. The van der Waals surface area contributed by atoms with Crippen molar-refractivity contribution in [3.63, 3.8) is 0 Å². The van der Waals surface area contributed by atoms with Crippen LogP contribution in [0.15, 0.2) is 11.8 Å². The summed E-state index contributed by atoms with van der Waals surface area (Å²) in [4.78, 5) is 12.1. The van der Waals surface area contributed by atoms with Gasteiger partial charge in [0.2, 0.25) is 0 Å². The Labute approximate surface area is 76.4 Å². The summed E-state index contributed by atoms with van der Waals surface area (Å²) < 4.78 is 4.39. The molecule has 0 amide bonds. The largest absolute Gasteiger partial charge is 0.468 e. The predicted octanol–water partition coefficient (Wildman–Crippen LogP) is 0.0223. The van der Waals surface area contributed by atoms with Crippen LogP contribution in [0.4, 0.5) is 0 Å². The van der Waals surface area contributed by atoms with E-state index in [9.17, 15) is 4.79 Å².